The van der Waals surface area contributed by atoms with Crippen LogP contribution in [0.4, 0.5) is 13.2 Å². The molecule has 0 fully saturated rings. The molecule has 0 aromatic heterocycles. The first-order chi connectivity index (χ1) is 13.8. The summed E-state index contributed by atoms with van der Waals surface area (Å²) in [6.07, 6.45) is 0.201. The Bertz CT molecular complexity index is 1050. The molecule has 150 valence electrons. The molecule has 3 aromatic carbocycles. The quantitative estimate of drug-likeness (QED) is 0.535. The monoisotopic (exact) mass is 420 g/mol. The van der Waals surface area contributed by atoms with Crippen molar-refractivity contribution in [1.29, 1.82) is 0 Å². The van der Waals surface area contributed by atoms with Crippen LogP contribution in [0, 0.1) is 17.5 Å². The molecule has 0 bridgehead atoms. The third kappa shape index (κ3) is 5.09. The molecule has 0 saturated heterocycles. The van der Waals surface area contributed by atoms with Crippen molar-refractivity contribution >= 4 is 17.6 Å². The first kappa shape index (κ1) is 20.7. The highest BCUT2D eigenvalue weighted by Gasteiger charge is 2.15. The molecule has 0 radical (unpaired) electrons. The maximum absolute atomic E-state index is 14.3. The molecule has 29 heavy (non-hydrogen) atoms. The van der Waals surface area contributed by atoms with Crippen molar-refractivity contribution in [2.45, 2.75) is 12.8 Å². The molecule has 0 saturated carbocycles. The Kier molecular flexibility index (Phi) is 6.44. The fourth-order valence-corrected chi connectivity index (χ4v) is 3.23. The topological polar surface area (TPSA) is 46.5 Å². The average Bonchev–Trinajstić information content (AvgIpc) is 2.68. The number of aryl methyl sites for hydroxylation is 1. The van der Waals surface area contributed by atoms with Crippen molar-refractivity contribution in [2.75, 3.05) is 6.61 Å². The lowest BCUT2D eigenvalue weighted by atomic mass is 9.98. The van der Waals surface area contributed by atoms with Crippen LogP contribution in [0.15, 0.2) is 54.6 Å². The van der Waals surface area contributed by atoms with Gasteiger partial charge in [0.05, 0.1) is 5.02 Å². The molecule has 0 atom stereocenters. The summed E-state index contributed by atoms with van der Waals surface area (Å²) < 4.78 is 47.0. The van der Waals surface area contributed by atoms with Crippen LogP contribution in [-0.4, -0.2) is 17.7 Å². The molecule has 1 N–H and O–H groups in total. The smallest absolute Gasteiger partial charge is 0.341 e. The fourth-order valence-electron chi connectivity index (χ4n) is 2.93. The minimum atomic E-state index is -1.19. The standard InChI is InChI=1S/C22H16ClF3O3/c23-22-17(19(26)8-9-20(22)29-12-21(27)28)6-4-15-10-14(5-7-18(15)25)13-2-1-3-16(24)11-13/h1-3,5,7-11H,4,6,12H2,(H,27,28). The van der Waals surface area contributed by atoms with E-state index in [1.165, 1.54) is 24.3 Å². The van der Waals surface area contributed by atoms with Crippen molar-refractivity contribution in [3.05, 3.63) is 88.2 Å². The lowest BCUT2D eigenvalue weighted by molar-refractivity contribution is -0.139. The van der Waals surface area contributed by atoms with Crippen LogP contribution in [0.3, 0.4) is 0 Å². The normalized spacial score (nSPS) is 10.8. The largest absolute Gasteiger partial charge is 0.480 e. The van der Waals surface area contributed by atoms with Crippen LogP contribution in [0.1, 0.15) is 11.1 Å². The summed E-state index contributed by atoms with van der Waals surface area (Å²) in [7, 11) is 0. The second kappa shape index (κ2) is 9.01. The van der Waals surface area contributed by atoms with Gasteiger partial charge < -0.3 is 9.84 Å². The highest BCUT2D eigenvalue weighted by molar-refractivity contribution is 6.32. The second-order valence-electron chi connectivity index (χ2n) is 6.34. The van der Waals surface area contributed by atoms with Gasteiger partial charge in [0.25, 0.3) is 0 Å². The van der Waals surface area contributed by atoms with E-state index in [1.807, 2.05) is 0 Å². The first-order valence-electron chi connectivity index (χ1n) is 8.71. The fraction of sp³-hybridized carbons (Fsp3) is 0.136. The maximum atomic E-state index is 14.3. The summed E-state index contributed by atoms with van der Waals surface area (Å²) in [6.45, 7) is -0.616. The van der Waals surface area contributed by atoms with Crippen molar-refractivity contribution in [2.24, 2.45) is 0 Å². The number of carboxylic acid groups (broad SMARTS) is 1. The summed E-state index contributed by atoms with van der Waals surface area (Å²) in [5.41, 5.74) is 1.65. The van der Waals surface area contributed by atoms with E-state index in [2.05, 4.69) is 0 Å². The van der Waals surface area contributed by atoms with Gasteiger partial charge in [-0.3, -0.25) is 0 Å². The third-order valence-electron chi connectivity index (χ3n) is 4.35. The zero-order chi connectivity index (χ0) is 21.0. The zero-order valence-corrected chi connectivity index (χ0v) is 15.8. The number of rotatable bonds is 7. The molecule has 3 rings (SSSR count). The molecular formula is C22H16ClF3O3. The molecule has 3 nitrogen and oxygen atoms in total. The van der Waals surface area contributed by atoms with Crippen LogP contribution < -0.4 is 4.74 Å². The molecule has 0 aliphatic heterocycles. The summed E-state index contributed by atoms with van der Waals surface area (Å²) in [6, 6.07) is 12.7. The van der Waals surface area contributed by atoms with Crippen molar-refractivity contribution in [3.8, 4) is 16.9 Å². The number of ether oxygens (including phenoxy) is 1. The van der Waals surface area contributed by atoms with Gasteiger partial charge >= 0.3 is 5.97 Å². The Balaban J connectivity index is 1.83. The number of benzene rings is 3. The van der Waals surface area contributed by atoms with Gasteiger partial charge in [-0.2, -0.15) is 0 Å². The van der Waals surface area contributed by atoms with Gasteiger partial charge in [0.1, 0.15) is 23.2 Å². The predicted molar refractivity (Wildman–Crippen MR) is 104 cm³/mol. The SMILES string of the molecule is O=C(O)COc1ccc(F)c(CCc2cc(-c3cccc(F)c3)ccc2F)c1Cl. The Morgan fingerprint density at radius 2 is 1.66 bits per heavy atom. The number of hydrogen-bond donors (Lipinski definition) is 1. The highest BCUT2D eigenvalue weighted by Crippen LogP contribution is 2.32. The summed E-state index contributed by atoms with van der Waals surface area (Å²) in [4.78, 5) is 10.6. The van der Waals surface area contributed by atoms with E-state index in [4.69, 9.17) is 21.4 Å². The van der Waals surface area contributed by atoms with Crippen LogP contribution in [0.2, 0.25) is 5.02 Å². The zero-order valence-electron chi connectivity index (χ0n) is 15.1. The maximum Gasteiger partial charge on any atom is 0.341 e. The average molecular weight is 421 g/mol. The Labute approximate surface area is 170 Å². The molecule has 7 heteroatoms. The first-order valence-corrected chi connectivity index (χ1v) is 9.09. The summed E-state index contributed by atoms with van der Waals surface area (Å²) in [5, 5.41) is 8.65. The minimum absolute atomic E-state index is 0.0412. The Hall–Kier alpha value is -2.99. The Morgan fingerprint density at radius 3 is 2.38 bits per heavy atom. The van der Waals surface area contributed by atoms with E-state index in [0.29, 0.717) is 16.7 Å². The van der Waals surface area contributed by atoms with E-state index in [9.17, 15) is 18.0 Å². The minimum Gasteiger partial charge on any atom is -0.480 e. The van der Waals surface area contributed by atoms with E-state index >= 15 is 0 Å². The van der Waals surface area contributed by atoms with Gasteiger partial charge in [-0.05, 0) is 65.9 Å². The molecule has 0 amide bonds. The van der Waals surface area contributed by atoms with Crippen LogP contribution in [0.25, 0.3) is 11.1 Å². The highest BCUT2D eigenvalue weighted by atomic mass is 35.5. The predicted octanol–water partition coefficient (Wildman–Crippen LogP) is 5.67. The lowest BCUT2D eigenvalue weighted by Crippen LogP contribution is -2.10. The van der Waals surface area contributed by atoms with Gasteiger partial charge in [-0.1, -0.05) is 29.8 Å². The van der Waals surface area contributed by atoms with Crippen LogP contribution >= 0.6 is 11.6 Å². The van der Waals surface area contributed by atoms with Crippen LogP contribution in [0.5, 0.6) is 5.75 Å². The van der Waals surface area contributed by atoms with Gasteiger partial charge in [0, 0.05) is 5.56 Å². The van der Waals surface area contributed by atoms with Crippen molar-refractivity contribution in [3.63, 3.8) is 0 Å². The molecule has 0 heterocycles. The summed E-state index contributed by atoms with van der Waals surface area (Å²) in [5.74, 6) is -2.62. The summed E-state index contributed by atoms with van der Waals surface area (Å²) >= 11 is 6.15. The van der Waals surface area contributed by atoms with Gasteiger partial charge in [0.2, 0.25) is 0 Å². The van der Waals surface area contributed by atoms with E-state index in [0.717, 1.165) is 6.07 Å². The van der Waals surface area contributed by atoms with Crippen LogP contribution in [-0.2, 0) is 17.6 Å². The van der Waals surface area contributed by atoms with Gasteiger partial charge in [0.15, 0.2) is 6.61 Å². The van der Waals surface area contributed by atoms with Crippen molar-refractivity contribution < 1.29 is 27.8 Å². The molecule has 0 unspecified atom stereocenters. The van der Waals surface area contributed by atoms with E-state index in [-0.39, 0.29) is 29.2 Å². The second-order valence-corrected chi connectivity index (χ2v) is 6.71. The number of aliphatic carboxylic acids is 1. The van der Waals surface area contributed by atoms with E-state index < -0.39 is 30.0 Å². The number of carbonyl (C=O) groups is 1. The Morgan fingerprint density at radius 1 is 0.931 bits per heavy atom. The van der Waals surface area contributed by atoms with E-state index in [1.54, 1.807) is 24.3 Å². The van der Waals surface area contributed by atoms with Gasteiger partial charge in [-0.25, -0.2) is 18.0 Å². The van der Waals surface area contributed by atoms with Gasteiger partial charge in [-0.15, -0.1) is 0 Å². The number of carboxylic acids is 1. The molecule has 0 aliphatic carbocycles. The molecule has 3 aromatic rings. The molecular weight excluding hydrogens is 405 g/mol. The third-order valence-corrected chi connectivity index (χ3v) is 4.76. The lowest BCUT2D eigenvalue weighted by Gasteiger charge is -2.12. The van der Waals surface area contributed by atoms with Crippen molar-refractivity contribution in [1.82, 2.24) is 0 Å². The molecule has 0 aliphatic rings. The number of hydrogen-bond acceptors (Lipinski definition) is 2. The number of halogens is 4. The molecule has 0 spiro atoms.